The van der Waals surface area contributed by atoms with E-state index in [4.69, 9.17) is 29.7 Å². The van der Waals surface area contributed by atoms with E-state index in [9.17, 15) is 0 Å². The molecule has 0 atom stereocenters. The number of hydrogen-bond donors (Lipinski definition) is 1. The Kier molecular flexibility index (Phi) is 29.8. The van der Waals surface area contributed by atoms with Crippen molar-refractivity contribution in [3.8, 4) is 0 Å². The van der Waals surface area contributed by atoms with Gasteiger partial charge in [0.05, 0.1) is 0 Å². The number of aromatic amines is 1. The van der Waals surface area contributed by atoms with Crippen LogP contribution in [0.3, 0.4) is 0 Å². The predicted molar refractivity (Wildman–Crippen MR) is 46.2 cm³/mol. The van der Waals surface area contributed by atoms with Crippen molar-refractivity contribution >= 4 is 17.9 Å². The normalized spacial score (nSPS) is 6.39. The summed E-state index contributed by atoms with van der Waals surface area (Å²) in [6.07, 6.45) is 1.33. The number of rotatable bonds is 0. The van der Waals surface area contributed by atoms with Gasteiger partial charge in [0, 0.05) is 17.9 Å². The van der Waals surface area contributed by atoms with Crippen molar-refractivity contribution < 1.29 is 65.3 Å². The number of carbonyl (C=O) groups excluding carboxylic acids is 3. The van der Waals surface area contributed by atoms with E-state index in [2.05, 4.69) is 20.6 Å². The molecule has 0 fully saturated rings. The van der Waals surface area contributed by atoms with Crippen molar-refractivity contribution in [2.75, 3.05) is 0 Å². The zero-order valence-corrected chi connectivity index (χ0v) is 13.6. The Morgan fingerprint density at radius 2 is 1.22 bits per heavy atom. The van der Waals surface area contributed by atoms with Crippen LogP contribution in [0.5, 0.6) is 0 Å². The molecular formula is C7H11LaN4O6. The maximum atomic E-state index is 8.89. The van der Waals surface area contributed by atoms with Crippen molar-refractivity contribution in [3.63, 3.8) is 0 Å². The zero-order valence-electron chi connectivity index (χ0n) is 9.95. The summed E-state index contributed by atoms with van der Waals surface area (Å²) in [6, 6.07) is 0. The third-order valence-corrected chi connectivity index (χ3v) is 0.270. The van der Waals surface area contributed by atoms with Gasteiger partial charge >= 0.3 is 35.6 Å². The Balaban J connectivity index is -0.0000000719. The maximum Gasteiger partial charge on any atom is 3.00 e. The largest absolute Gasteiger partial charge is 3.00 e. The van der Waals surface area contributed by atoms with Crippen molar-refractivity contribution in [1.29, 1.82) is 0 Å². The van der Waals surface area contributed by atoms with Crippen molar-refractivity contribution in [3.05, 3.63) is 6.33 Å². The van der Waals surface area contributed by atoms with Crippen LogP contribution < -0.4 is 15.3 Å². The average molecular weight is 386 g/mol. The number of aromatic nitrogens is 4. The van der Waals surface area contributed by atoms with Gasteiger partial charge in [0.1, 0.15) is 0 Å². The molecule has 0 unspecified atom stereocenters. The van der Waals surface area contributed by atoms with Gasteiger partial charge in [-0.25, -0.2) is 0 Å². The van der Waals surface area contributed by atoms with Gasteiger partial charge in [-0.1, -0.05) is 5.21 Å². The molecule has 98 valence electrons. The molecule has 1 rings (SSSR count). The Morgan fingerprint density at radius 3 is 1.28 bits per heavy atom. The molecule has 1 aromatic rings. The third-order valence-electron chi connectivity index (χ3n) is 0.270. The summed E-state index contributed by atoms with van der Waals surface area (Å²) in [5.41, 5.74) is 0. The zero-order chi connectivity index (χ0) is 14.3. The first kappa shape index (κ1) is 25.5. The number of hydrogen-bond acceptors (Lipinski definition) is 9. The molecule has 1 heterocycles. The van der Waals surface area contributed by atoms with Gasteiger partial charge in [0.2, 0.25) is 0 Å². The summed E-state index contributed by atoms with van der Waals surface area (Å²) in [4.78, 5) is 26.7. The van der Waals surface area contributed by atoms with Crippen LogP contribution in [-0.2, 0) is 14.4 Å². The fourth-order valence-electron chi connectivity index (χ4n) is 0.129. The maximum absolute atomic E-state index is 8.89. The van der Waals surface area contributed by atoms with E-state index in [1.165, 1.54) is 6.33 Å². The van der Waals surface area contributed by atoms with Crippen molar-refractivity contribution in [1.82, 2.24) is 20.6 Å². The van der Waals surface area contributed by atoms with Crippen molar-refractivity contribution in [2.45, 2.75) is 20.8 Å². The summed E-state index contributed by atoms with van der Waals surface area (Å²) < 4.78 is 0. The quantitative estimate of drug-likeness (QED) is 0.460. The number of carbonyl (C=O) groups is 3. The van der Waals surface area contributed by atoms with E-state index >= 15 is 0 Å². The van der Waals surface area contributed by atoms with E-state index in [0.29, 0.717) is 0 Å². The number of tetrazole rings is 1. The number of carboxylic acids is 3. The monoisotopic (exact) mass is 386 g/mol. The summed E-state index contributed by atoms with van der Waals surface area (Å²) in [7, 11) is 0. The van der Waals surface area contributed by atoms with Gasteiger partial charge < -0.3 is 29.7 Å². The Hall–Kier alpha value is -1.33. The number of H-pyrrole nitrogens is 1. The predicted octanol–water partition coefficient (Wildman–Crippen LogP) is -4.53. The number of nitrogens with zero attached hydrogens (tertiary/aromatic N) is 3. The molecule has 0 aliphatic rings. The van der Waals surface area contributed by atoms with Crippen LogP contribution in [-0.4, -0.2) is 38.5 Å². The minimum absolute atomic E-state index is 0. The second-order valence-electron chi connectivity index (χ2n) is 2.03. The van der Waals surface area contributed by atoms with Crippen LogP contribution in [0.1, 0.15) is 20.8 Å². The molecule has 0 aliphatic heterocycles. The fourth-order valence-corrected chi connectivity index (χ4v) is 0.129. The summed E-state index contributed by atoms with van der Waals surface area (Å²) in [5.74, 6) is -3.25. The summed E-state index contributed by atoms with van der Waals surface area (Å²) in [5, 5.41) is 38.8. The molecule has 11 heteroatoms. The molecule has 0 aliphatic carbocycles. The van der Waals surface area contributed by atoms with E-state index in [1.54, 1.807) is 0 Å². The first-order chi connectivity index (χ1) is 7.70. The van der Waals surface area contributed by atoms with E-state index < -0.39 is 17.9 Å². The van der Waals surface area contributed by atoms with Gasteiger partial charge in [-0.05, 0) is 20.8 Å². The molecule has 0 aromatic carbocycles. The van der Waals surface area contributed by atoms with E-state index in [0.717, 1.165) is 20.8 Å². The topological polar surface area (TPSA) is 175 Å². The summed E-state index contributed by atoms with van der Waals surface area (Å²) in [6.45, 7) is 2.92. The number of nitrogens with one attached hydrogen (secondary N) is 1. The minimum atomic E-state index is -1.08. The molecule has 1 aromatic heterocycles. The molecule has 0 spiro atoms. The SMILES string of the molecule is CC(=O)[O-].CC(=O)[O-].CC(=O)[O-].[La+3].c1nn[nH]n1. The standard InChI is InChI=1S/3C2H4O2.CH2N4.La/c3*1-2(3)4;1-2-4-5-3-1;/h3*1H3,(H,3,4);1H,(H,2,3,4,5);/q;;;;+3/p-3. The first-order valence-corrected chi connectivity index (χ1v) is 3.89. The van der Waals surface area contributed by atoms with Gasteiger partial charge in [-0.3, -0.25) is 0 Å². The average Bonchev–Trinajstić information content (AvgIpc) is 2.53. The van der Waals surface area contributed by atoms with Crippen LogP contribution in [0.15, 0.2) is 6.33 Å². The van der Waals surface area contributed by atoms with Gasteiger partial charge in [0.15, 0.2) is 6.33 Å². The Bertz CT molecular complexity index is 247. The number of carboxylic acid groups (broad SMARTS) is 3. The van der Waals surface area contributed by atoms with Gasteiger partial charge in [0.25, 0.3) is 0 Å². The van der Waals surface area contributed by atoms with Crippen molar-refractivity contribution in [2.24, 2.45) is 0 Å². The van der Waals surface area contributed by atoms with Crippen LogP contribution >= 0.6 is 0 Å². The smallest absolute Gasteiger partial charge is 0.550 e. The van der Waals surface area contributed by atoms with Crippen LogP contribution in [0.25, 0.3) is 0 Å². The van der Waals surface area contributed by atoms with E-state index in [-0.39, 0.29) is 35.6 Å². The van der Waals surface area contributed by atoms with Crippen LogP contribution in [0, 0.1) is 35.6 Å². The molecule has 0 saturated carbocycles. The Morgan fingerprint density at radius 1 is 0.944 bits per heavy atom. The molecule has 0 saturated heterocycles. The van der Waals surface area contributed by atoms with Crippen LogP contribution in [0.2, 0.25) is 0 Å². The molecular weight excluding hydrogens is 375 g/mol. The molecule has 0 bridgehead atoms. The van der Waals surface area contributed by atoms with Crippen LogP contribution in [0.4, 0.5) is 0 Å². The second-order valence-corrected chi connectivity index (χ2v) is 2.03. The minimum Gasteiger partial charge on any atom is -0.550 e. The molecule has 18 heavy (non-hydrogen) atoms. The summed E-state index contributed by atoms with van der Waals surface area (Å²) >= 11 is 0. The van der Waals surface area contributed by atoms with Gasteiger partial charge in [-0.15, -0.1) is 10.2 Å². The molecule has 0 radical (unpaired) electrons. The third kappa shape index (κ3) is 203. The fraction of sp³-hybridized carbons (Fsp3) is 0.429. The second kappa shape index (κ2) is 21.0. The molecule has 0 amide bonds. The number of aliphatic carboxylic acids is 3. The van der Waals surface area contributed by atoms with E-state index in [1.807, 2.05) is 0 Å². The van der Waals surface area contributed by atoms with Gasteiger partial charge in [-0.2, -0.15) is 5.21 Å². The molecule has 10 nitrogen and oxygen atoms in total. The first-order valence-electron chi connectivity index (χ1n) is 3.89. The molecule has 1 N–H and O–H groups in total. The Labute approximate surface area is 130 Å².